The van der Waals surface area contributed by atoms with Crippen LogP contribution in [0.2, 0.25) is 0 Å². The molecule has 1 fully saturated rings. The summed E-state index contributed by atoms with van der Waals surface area (Å²) in [7, 11) is 0. The van der Waals surface area contributed by atoms with E-state index in [9.17, 15) is 9.59 Å². The number of rotatable bonds is 6. The standard InChI is InChI=1S/C17H33N3O3/c1-6-7-10-17(5,18)12-19-14(21)13-9-8-11-20(13)15(22)23-16(2,3)4/h13H,6-12,18H2,1-5H3,(H,19,21)/t13-,17?/m0/s1. The van der Waals surface area contributed by atoms with Crippen molar-refractivity contribution in [3.05, 3.63) is 0 Å². The minimum Gasteiger partial charge on any atom is -0.444 e. The number of amides is 2. The molecule has 23 heavy (non-hydrogen) atoms. The highest BCUT2D eigenvalue weighted by atomic mass is 16.6. The summed E-state index contributed by atoms with van der Waals surface area (Å²) in [6.07, 6.45) is 4.04. The molecular weight excluding hydrogens is 294 g/mol. The summed E-state index contributed by atoms with van der Waals surface area (Å²) in [5.74, 6) is -0.137. The van der Waals surface area contributed by atoms with Gasteiger partial charge in [0.25, 0.3) is 0 Å². The van der Waals surface area contributed by atoms with Crippen molar-refractivity contribution in [3.63, 3.8) is 0 Å². The van der Waals surface area contributed by atoms with Gasteiger partial charge >= 0.3 is 6.09 Å². The van der Waals surface area contributed by atoms with Gasteiger partial charge in [-0.15, -0.1) is 0 Å². The van der Waals surface area contributed by atoms with Gasteiger partial charge in [-0.25, -0.2) is 4.79 Å². The van der Waals surface area contributed by atoms with Crippen molar-refractivity contribution in [2.24, 2.45) is 5.73 Å². The molecule has 1 aliphatic heterocycles. The average molecular weight is 327 g/mol. The Morgan fingerprint density at radius 1 is 1.30 bits per heavy atom. The molecule has 6 nitrogen and oxygen atoms in total. The second-order valence-electron chi connectivity index (χ2n) is 7.81. The van der Waals surface area contributed by atoms with E-state index >= 15 is 0 Å². The highest BCUT2D eigenvalue weighted by Crippen LogP contribution is 2.21. The third-order valence-electron chi connectivity index (χ3n) is 3.95. The SMILES string of the molecule is CCCCC(C)(N)CNC(=O)[C@@H]1CCCN1C(=O)OC(C)(C)C. The predicted molar refractivity (Wildman–Crippen MR) is 91.1 cm³/mol. The monoisotopic (exact) mass is 327 g/mol. The number of nitrogens with two attached hydrogens (primary N) is 1. The zero-order chi connectivity index (χ0) is 17.7. The molecule has 0 aromatic rings. The lowest BCUT2D eigenvalue weighted by Gasteiger charge is -2.29. The highest BCUT2D eigenvalue weighted by molar-refractivity contribution is 5.86. The van der Waals surface area contributed by atoms with Crippen LogP contribution in [-0.4, -0.2) is 47.2 Å². The van der Waals surface area contributed by atoms with Crippen molar-refractivity contribution in [2.45, 2.75) is 83.9 Å². The van der Waals surface area contributed by atoms with E-state index in [4.69, 9.17) is 10.5 Å². The van der Waals surface area contributed by atoms with Crippen LogP contribution in [0.15, 0.2) is 0 Å². The number of carbonyl (C=O) groups is 2. The first-order valence-electron chi connectivity index (χ1n) is 8.62. The summed E-state index contributed by atoms with van der Waals surface area (Å²) < 4.78 is 5.38. The molecule has 0 aromatic carbocycles. The lowest BCUT2D eigenvalue weighted by atomic mass is 9.96. The van der Waals surface area contributed by atoms with E-state index in [0.29, 0.717) is 19.5 Å². The fourth-order valence-electron chi connectivity index (χ4n) is 2.65. The van der Waals surface area contributed by atoms with Gasteiger partial charge in [0.15, 0.2) is 0 Å². The van der Waals surface area contributed by atoms with Crippen LogP contribution in [0.5, 0.6) is 0 Å². The van der Waals surface area contributed by atoms with Crippen molar-refractivity contribution in [1.82, 2.24) is 10.2 Å². The molecule has 1 rings (SSSR count). The number of hydrogen-bond donors (Lipinski definition) is 2. The van der Waals surface area contributed by atoms with Gasteiger partial charge in [-0.3, -0.25) is 9.69 Å². The van der Waals surface area contributed by atoms with Crippen LogP contribution in [0.4, 0.5) is 4.79 Å². The molecule has 2 amide bonds. The average Bonchev–Trinajstić information content (AvgIpc) is 2.90. The molecule has 0 spiro atoms. The van der Waals surface area contributed by atoms with E-state index in [1.807, 2.05) is 27.7 Å². The van der Waals surface area contributed by atoms with E-state index < -0.39 is 23.3 Å². The summed E-state index contributed by atoms with van der Waals surface area (Å²) in [5, 5.41) is 2.91. The van der Waals surface area contributed by atoms with Crippen LogP contribution in [0.25, 0.3) is 0 Å². The Kier molecular flexibility index (Phi) is 6.86. The lowest BCUT2D eigenvalue weighted by Crippen LogP contribution is -2.53. The molecule has 0 bridgehead atoms. The summed E-state index contributed by atoms with van der Waals surface area (Å²) in [6.45, 7) is 10.5. The van der Waals surface area contributed by atoms with Crippen molar-refractivity contribution in [1.29, 1.82) is 0 Å². The van der Waals surface area contributed by atoms with Gasteiger partial charge < -0.3 is 15.8 Å². The van der Waals surface area contributed by atoms with Crippen LogP contribution in [0.1, 0.15) is 66.7 Å². The predicted octanol–water partition coefficient (Wildman–Crippen LogP) is 2.41. The number of likely N-dealkylation sites (tertiary alicyclic amines) is 1. The van der Waals surface area contributed by atoms with Crippen molar-refractivity contribution in [3.8, 4) is 0 Å². The minimum absolute atomic E-state index is 0.137. The number of nitrogens with zero attached hydrogens (tertiary/aromatic N) is 1. The van der Waals surface area contributed by atoms with E-state index in [0.717, 1.165) is 25.7 Å². The normalized spacial score (nSPS) is 21.0. The van der Waals surface area contributed by atoms with Crippen LogP contribution in [-0.2, 0) is 9.53 Å². The Morgan fingerprint density at radius 2 is 1.96 bits per heavy atom. The van der Waals surface area contributed by atoms with Crippen molar-refractivity contribution >= 4 is 12.0 Å². The molecular formula is C17H33N3O3. The van der Waals surface area contributed by atoms with Crippen LogP contribution in [0.3, 0.4) is 0 Å². The van der Waals surface area contributed by atoms with E-state index in [1.165, 1.54) is 4.90 Å². The van der Waals surface area contributed by atoms with Gasteiger partial charge in [-0.1, -0.05) is 19.8 Å². The molecule has 134 valence electrons. The first-order chi connectivity index (χ1) is 10.6. The first kappa shape index (κ1) is 19.7. The van der Waals surface area contributed by atoms with Gasteiger partial charge in [0, 0.05) is 18.6 Å². The third kappa shape index (κ3) is 6.77. The molecule has 2 atom stereocenters. The van der Waals surface area contributed by atoms with Crippen LogP contribution >= 0.6 is 0 Å². The Hall–Kier alpha value is -1.30. The number of carbonyl (C=O) groups excluding carboxylic acids is 2. The summed E-state index contributed by atoms with van der Waals surface area (Å²) in [4.78, 5) is 26.2. The largest absolute Gasteiger partial charge is 0.444 e. The smallest absolute Gasteiger partial charge is 0.410 e. The molecule has 0 radical (unpaired) electrons. The Bertz CT molecular complexity index is 416. The second kappa shape index (κ2) is 7.99. The van der Waals surface area contributed by atoms with E-state index in [1.54, 1.807) is 0 Å². The maximum atomic E-state index is 12.4. The minimum atomic E-state index is -0.559. The van der Waals surface area contributed by atoms with E-state index in [-0.39, 0.29) is 5.91 Å². The molecule has 0 saturated carbocycles. The van der Waals surface area contributed by atoms with Gasteiger partial charge in [0.1, 0.15) is 11.6 Å². The lowest BCUT2D eigenvalue weighted by molar-refractivity contribution is -0.125. The zero-order valence-corrected chi connectivity index (χ0v) is 15.3. The van der Waals surface area contributed by atoms with Crippen molar-refractivity contribution in [2.75, 3.05) is 13.1 Å². The molecule has 3 N–H and O–H groups in total. The molecule has 6 heteroatoms. The summed E-state index contributed by atoms with van der Waals surface area (Å²) >= 11 is 0. The fourth-order valence-corrected chi connectivity index (χ4v) is 2.65. The topological polar surface area (TPSA) is 84.7 Å². The first-order valence-corrected chi connectivity index (χ1v) is 8.62. The zero-order valence-electron chi connectivity index (χ0n) is 15.3. The molecule has 0 aliphatic carbocycles. The third-order valence-corrected chi connectivity index (χ3v) is 3.95. The maximum absolute atomic E-state index is 12.4. The number of ether oxygens (including phenoxy) is 1. The second-order valence-corrected chi connectivity index (χ2v) is 7.81. The van der Waals surface area contributed by atoms with E-state index in [2.05, 4.69) is 12.2 Å². The fraction of sp³-hybridized carbons (Fsp3) is 0.882. The maximum Gasteiger partial charge on any atom is 0.410 e. The van der Waals surface area contributed by atoms with Gasteiger partial charge in [-0.05, 0) is 47.0 Å². The Balaban J connectivity index is 2.56. The quantitative estimate of drug-likeness (QED) is 0.784. The molecule has 1 saturated heterocycles. The highest BCUT2D eigenvalue weighted by Gasteiger charge is 2.36. The molecule has 1 aliphatic rings. The van der Waals surface area contributed by atoms with Crippen LogP contribution < -0.4 is 11.1 Å². The molecule has 0 aromatic heterocycles. The summed E-state index contributed by atoms with van der Waals surface area (Å²) in [5.41, 5.74) is 5.23. The van der Waals surface area contributed by atoms with Gasteiger partial charge in [0.2, 0.25) is 5.91 Å². The Morgan fingerprint density at radius 3 is 2.52 bits per heavy atom. The Labute approximate surface area is 140 Å². The van der Waals surface area contributed by atoms with Crippen LogP contribution in [0, 0.1) is 0 Å². The number of hydrogen-bond acceptors (Lipinski definition) is 4. The number of nitrogens with one attached hydrogen (secondary N) is 1. The molecule has 1 heterocycles. The summed E-state index contributed by atoms with van der Waals surface area (Å²) in [6, 6.07) is -0.452. The van der Waals surface area contributed by atoms with Crippen molar-refractivity contribution < 1.29 is 14.3 Å². The van der Waals surface area contributed by atoms with Gasteiger partial charge in [0.05, 0.1) is 0 Å². The number of unbranched alkanes of at least 4 members (excludes halogenated alkanes) is 1. The van der Waals surface area contributed by atoms with Gasteiger partial charge in [-0.2, -0.15) is 0 Å². The molecule has 1 unspecified atom stereocenters.